The van der Waals surface area contributed by atoms with Crippen molar-refractivity contribution in [3.05, 3.63) is 47.0 Å². The average molecular weight is 296 g/mol. The summed E-state index contributed by atoms with van der Waals surface area (Å²) in [5.74, 6) is 0. The number of benzene rings is 1. The first kappa shape index (κ1) is 14.5. The van der Waals surface area contributed by atoms with E-state index in [-0.39, 0.29) is 0 Å². The summed E-state index contributed by atoms with van der Waals surface area (Å²) < 4.78 is 1.21. The van der Waals surface area contributed by atoms with E-state index >= 15 is 0 Å². The van der Waals surface area contributed by atoms with E-state index < -0.39 is 0 Å². The van der Waals surface area contributed by atoms with Crippen LogP contribution in [0.25, 0.3) is 0 Å². The molecule has 0 saturated carbocycles. The minimum atomic E-state index is 0.568. The Morgan fingerprint density at radius 2 is 2.18 bits per heavy atom. The van der Waals surface area contributed by atoms with E-state index in [4.69, 9.17) is 0 Å². The Balaban J connectivity index is 2.53. The van der Waals surface area contributed by atoms with Crippen LogP contribution in [0.5, 0.6) is 0 Å². The van der Waals surface area contributed by atoms with Crippen molar-refractivity contribution in [2.45, 2.75) is 38.6 Å². The van der Waals surface area contributed by atoms with Crippen LogP contribution in [0.1, 0.15) is 31.7 Å². The molecule has 0 saturated heterocycles. The van der Waals surface area contributed by atoms with Gasteiger partial charge in [-0.05, 0) is 43.9 Å². The summed E-state index contributed by atoms with van der Waals surface area (Å²) in [4.78, 5) is 0. The highest BCUT2D eigenvalue weighted by Crippen LogP contribution is 2.19. The molecule has 1 atom stereocenters. The van der Waals surface area contributed by atoms with E-state index in [1.165, 1.54) is 22.9 Å². The SMILES string of the molecule is C=CCCCC(Cc1ccccc1Br)NCC. The van der Waals surface area contributed by atoms with Crippen LogP contribution in [0.2, 0.25) is 0 Å². The van der Waals surface area contributed by atoms with Gasteiger partial charge in [-0.3, -0.25) is 0 Å². The first-order valence-electron chi connectivity index (χ1n) is 6.35. The maximum atomic E-state index is 3.77. The van der Waals surface area contributed by atoms with Crippen molar-refractivity contribution in [3.8, 4) is 0 Å². The maximum absolute atomic E-state index is 3.77. The van der Waals surface area contributed by atoms with Crippen LogP contribution >= 0.6 is 15.9 Å². The van der Waals surface area contributed by atoms with Crippen LogP contribution < -0.4 is 5.32 Å². The number of hydrogen-bond donors (Lipinski definition) is 1. The highest BCUT2D eigenvalue weighted by Gasteiger charge is 2.09. The van der Waals surface area contributed by atoms with Gasteiger partial charge in [0.25, 0.3) is 0 Å². The standard InChI is InChI=1S/C15H22BrN/c1-3-5-6-10-14(17-4-2)12-13-9-7-8-11-15(13)16/h3,7-9,11,14,17H,1,4-6,10,12H2,2H3. The molecule has 0 aliphatic rings. The summed E-state index contributed by atoms with van der Waals surface area (Å²) in [6.07, 6.45) is 6.62. The topological polar surface area (TPSA) is 12.0 Å². The normalized spacial score (nSPS) is 12.4. The molecule has 1 nitrogen and oxygen atoms in total. The van der Waals surface area contributed by atoms with Crippen LogP contribution in [0.4, 0.5) is 0 Å². The van der Waals surface area contributed by atoms with Gasteiger partial charge in [-0.1, -0.05) is 47.1 Å². The molecule has 0 aliphatic carbocycles. The van der Waals surface area contributed by atoms with Gasteiger partial charge in [0.1, 0.15) is 0 Å². The lowest BCUT2D eigenvalue weighted by atomic mass is 10.0. The number of halogens is 1. The molecule has 1 aromatic rings. The molecule has 0 spiro atoms. The quantitative estimate of drug-likeness (QED) is 0.556. The molecule has 1 aromatic carbocycles. The number of hydrogen-bond acceptors (Lipinski definition) is 1. The molecule has 0 bridgehead atoms. The molecule has 2 heteroatoms. The Morgan fingerprint density at radius 3 is 2.82 bits per heavy atom. The fourth-order valence-electron chi connectivity index (χ4n) is 2.00. The van der Waals surface area contributed by atoms with Crippen molar-refractivity contribution < 1.29 is 0 Å². The molecule has 0 aromatic heterocycles. The molecule has 17 heavy (non-hydrogen) atoms. The largest absolute Gasteiger partial charge is 0.314 e. The number of nitrogens with one attached hydrogen (secondary N) is 1. The van der Waals surface area contributed by atoms with Gasteiger partial charge in [0.15, 0.2) is 0 Å². The monoisotopic (exact) mass is 295 g/mol. The van der Waals surface area contributed by atoms with E-state index in [0.29, 0.717) is 6.04 Å². The zero-order chi connectivity index (χ0) is 12.5. The lowest BCUT2D eigenvalue weighted by molar-refractivity contribution is 0.477. The van der Waals surface area contributed by atoms with Crippen molar-refractivity contribution in [1.82, 2.24) is 5.32 Å². The summed E-state index contributed by atoms with van der Waals surface area (Å²) >= 11 is 3.61. The van der Waals surface area contributed by atoms with Gasteiger partial charge in [0.2, 0.25) is 0 Å². The Hall–Kier alpha value is -0.600. The highest BCUT2D eigenvalue weighted by atomic mass is 79.9. The van der Waals surface area contributed by atoms with Gasteiger partial charge in [-0.25, -0.2) is 0 Å². The third-order valence-corrected chi connectivity index (χ3v) is 3.65. The van der Waals surface area contributed by atoms with E-state index in [9.17, 15) is 0 Å². The van der Waals surface area contributed by atoms with Crippen LogP contribution in [-0.4, -0.2) is 12.6 Å². The van der Waals surface area contributed by atoms with E-state index in [0.717, 1.165) is 19.4 Å². The average Bonchev–Trinajstić information content (AvgIpc) is 2.32. The van der Waals surface area contributed by atoms with Gasteiger partial charge in [-0.2, -0.15) is 0 Å². The molecule has 1 unspecified atom stereocenters. The van der Waals surface area contributed by atoms with Gasteiger partial charge >= 0.3 is 0 Å². The van der Waals surface area contributed by atoms with Crippen LogP contribution in [0, 0.1) is 0 Å². The molecule has 0 heterocycles. The Morgan fingerprint density at radius 1 is 1.41 bits per heavy atom. The third-order valence-electron chi connectivity index (χ3n) is 2.88. The molecule has 0 amide bonds. The van der Waals surface area contributed by atoms with Gasteiger partial charge < -0.3 is 5.32 Å². The van der Waals surface area contributed by atoms with Crippen LogP contribution in [0.15, 0.2) is 41.4 Å². The second kappa shape index (κ2) is 8.48. The predicted octanol–water partition coefficient (Wildman–Crippen LogP) is 4.33. The Bertz CT molecular complexity index is 335. The highest BCUT2D eigenvalue weighted by molar-refractivity contribution is 9.10. The summed E-state index contributed by atoms with van der Waals surface area (Å²) in [5, 5.41) is 3.56. The second-order valence-electron chi connectivity index (χ2n) is 4.27. The molecule has 94 valence electrons. The summed E-state index contributed by atoms with van der Waals surface area (Å²) in [7, 11) is 0. The van der Waals surface area contributed by atoms with Crippen LogP contribution in [-0.2, 0) is 6.42 Å². The third kappa shape index (κ3) is 5.51. The van der Waals surface area contributed by atoms with Crippen molar-refractivity contribution in [1.29, 1.82) is 0 Å². The number of rotatable bonds is 8. The minimum absolute atomic E-state index is 0.568. The van der Waals surface area contributed by atoms with Gasteiger partial charge in [-0.15, -0.1) is 6.58 Å². The first-order valence-corrected chi connectivity index (χ1v) is 7.15. The van der Waals surface area contributed by atoms with E-state index in [1.54, 1.807) is 0 Å². The van der Waals surface area contributed by atoms with Crippen molar-refractivity contribution in [3.63, 3.8) is 0 Å². The number of unbranched alkanes of at least 4 members (excludes halogenated alkanes) is 1. The molecule has 1 N–H and O–H groups in total. The minimum Gasteiger partial charge on any atom is -0.314 e. The number of allylic oxidation sites excluding steroid dienone is 1. The van der Waals surface area contributed by atoms with Gasteiger partial charge in [0.05, 0.1) is 0 Å². The number of likely N-dealkylation sites (N-methyl/N-ethyl adjacent to an activating group) is 1. The fraction of sp³-hybridized carbons (Fsp3) is 0.467. The smallest absolute Gasteiger partial charge is 0.0207 e. The summed E-state index contributed by atoms with van der Waals surface area (Å²) in [5.41, 5.74) is 1.39. The molecule has 0 aliphatic heterocycles. The zero-order valence-corrected chi connectivity index (χ0v) is 12.2. The Kier molecular flexibility index (Phi) is 7.22. The van der Waals surface area contributed by atoms with Crippen molar-refractivity contribution >= 4 is 15.9 Å². The lowest BCUT2D eigenvalue weighted by Gasteiger charge is -2.18. The molecular weight excluding hydrogens is 274 g/mol. The summed E-state index contributed by atoms with van der Waals surface area (Å²) in [6, 6.07) is 9.04. The fourth-order valence-corrected chi connectivity index (χ4v) is 2.45. The zero-order valence-electron chi connectivity index (χ0n) is 10.6. The second-order valence-corrected chi connectivity index (χ2v) is 5.12. The summed E-state index contributed by atoms with van der Waals surface area (Å²) in [6.45, 7) is 6.97. The van der Waals surface area contributed by atoms with Crippen molar-refractivity contribution in [2.75, 3.05) is 6.54 Å². The van der Waals surface area contributed by atoms with Gasteiger partial charge in [0, 0.05) is 10.5 Å². The molecule has 1 rings (SSSR count). The molecular formula is C15H22BrN. The predicted molar refractivity (Wildman–Crippen MR) is 79.4 cm³/mol. The van der Waals surface area contributed by atoms with E-state index in [1.807, 2.05) is 6.08 Å². The maximum Gasteiger partial charge on any atom is 0.0207 e. The lowest BCUT2D eigenvalue weighted by Crippen LogP contribution is -2.31. The van der Waals surface area contributed by atoms with Crippen molar-refractivity contribution in [2.24, 2.45) is 0 Å². The molecule has 0 radical (unpaired) electrons. The van der Waals surface area contributed by atoms with E-state index in [2.05, 4.69) is 59.0 Å². The molecule has 0 fully saturated rings. The van der Waals surface area contributed by atoms with Crippen LogP contribution in [0.3, 0.4) is 0 Å². The first-order chi connectivity index (χ1) is 8.27. The Labute approximate surface area is 113 Å².